The highest BCUT2D eigenvalue weighted by Crippen LogP contribution is 2.14. The molecular weight excluding hydrogens is 212 g/mol. The number of rotatable bonds is 4. The normalized spacial score (nSPS) is 17.9. The van der Waals surface area contributed by atoms with Crippen LogP contribution < -0.4 is 10.6 Å². The minimum absolute atomic E-state index is 0.0143. The van der Waals surface area contributed by atoms with Crippen molar-refractivity contribution in [3.05, 3.63) is 5.89 Å². The van der Waals surface area contributed by atoms with Crippen LogP contribution >= 0.6 is 0 Å². The first kappa shape index (κ1) is 11.0. The number of aromatic nitrogens is 2. The Morgan fingerprint density at radius 1 is 1.62 bits per heavy atom. The van der Waals surface area contributed by atoms with Crippen molar-refractivity contribution < 1.29 is 13.9 Å². The van der Waals surface area contributed by atoms with E-state index >= 15 is 0 Å². The van der Waals surface area contributed by atoms with Gasteiger partial charge in [0.05, 0.1) is 5.60 Å². The van der Waals surface area contributed by atoms with Gasteiger partial charge in [-0.05, 0) is 6.92 Å². The third kappa shape index (κ3) is 2.56. The number of nitrogens with one attached hydrogen (secondary N) is 2. The monoisotopic (exact) mass is 226 g/mol. The number of amides is 1. The second-order valence-corrected chi connectivity index (χ2v) is 4.02. The Bertz CT molecular complexity index is 386. The summed E-state index contributed by atoms with van der Waals surface area (Å²) in [5.41, 5.74) is -0.234. The first-order chi connectivity index (χ1) is 7.57. The molecule has 1 aliphatic rings. The summed E-state index contributed by atoms with van der Waals surface area (Å²) in [6.45, 7) is 5.12. The Labute approximate surface area is 92.6 Å². The van der Waals surface area contributed by atoms with Gasteiger partial charge in [0.15, 0.2) is 0 Å². The maximum atomic E-state index is 11.4. The quantitative estimate of drug-likeness (QED) is 0.732. The van der Waals surface area contributed by atoms with Gasteiger partial charge in [-0.25, -0.2) is 0 Å². The fraction of sp³-hybridized carbons (Fsp3) is 0.667. The van der Waals surface area contributed by atoms with Crippen molar-refractivity contribution >= 4 is 11.9 Å². The summed E-state index contributed by atoms with van der Waals surface area (Å²) in [5, 5.41) is 12.8. The minimum atomic E-state index is -0.295. The molecule has 7 heteroatoms. The van der Waals surface area contributed by atoms with E-state index in [4.69, 9.17) is 9.15 Å². The summed E-state index contributed by atoms with van der Waals surface area (Å²) >= 11 is 0. The predicted octanol–water partition coefficient (Wildman–Crippen LogP) is -0.305. The van der Waals surface area contributed by atoms with Crippen LogP contribution in [-0.2, 0) is 9.53 Å². The number of carbonyl (C=O) groups is 1. The molecule has 2 heterocycles. The van der Waals surface area contributed by atoms with Crippen LogP contribution in [0.3, 0.4) is 0 Å². The largest absolute Gasteiger partial charge is 0.408 e. The molecule has 0 aliphatic carbocycles. The van der Waals surface area contributed by atoms with E-state index in [0.717, 1.165) is 13.1 Å². The minimum Gasteiger partial charge on any atom is -0.408 e. The molecule has 1 aliphatic heterocycles. The molecule has 16 heavy (non-hydrogen) atoms. The summed E-state index contributed by atoms with van der Waals surface area (Å²) in [7, 11) is 0. The molecular formula is C9H14N4O3. The van der Waals surface area contributed by atoms with Crippen LogP contribution in [0.4, 0.5) is 6.01 Å². The van der Waals surface area contributed by atoms with Gasteiger partial charge in [0, 0.05) is 20.0 Å². The lowest BCUT2D eigenvalue weighted by Gasteiger charge is -2.38. The van der Waals surface area contributed by atoms with Crippen LogP contribution in [0.5, 0.6) is 0 Å². The second kappa shape index (κ2) is 4.18. The first-order valence-corrected chi connectivity index (χ1v) is 5.02. The molecule has 2 N–H and O–H groups in total. The van der Waals surface area contributed by atoms with Crippen molar-refractivity contribution in [3.8, 4) is 0 Å². The highest BCUT2D eigenvalue weighted by Gasteiger charge is 2.33. The Hall–Kier alpha value is -1.47. The molecule has 0 saturated carbocycles. The van der Waals surface area contributed by atoms with Crippen LogP contribution in [0.25, 0.3) is 0 Å². The maximum absolute atomic E-state index is 11.4. The van der Waals surface area contributed by atoms with Crippen molar-refractivity contribution in [3.63, 3.8) is 0 Å². The maximum Gasteiger partial charge on any atom is 0.322 e. The molecule has 2 rings (SSSR count). The van der Waals surface area contributed by atoms with Crippen LogP contribution in [0.2, 0.25) is 0 Å². The molecule has 1 amide bonds. The number of hydrogen-bond donors (Lipinski definition) is 2. The van der Waals surface area contributed by atoms with Gasteiger partial charge in [-0.3, -0.25) is 10.1 Å². The lowest BCUT2D eigenvalue weighted by molar-refractivity contribution is -0.130. The number of anilines is 1. The fourth-order valence-corrected chi connectivity index (χ4v) is 1.32. The van der Waals surface area contributed by atoms with E-state index in [1.165, 1.54) is 0 Å². The van der Waals surface area contributed by atoms with Crippen molar-refractivity contribution in [2.75, 3.05) is 25.0 Å². The Balaban J connectivity index is 1.76. The zero-order valence-electron chi connectivity index (χ0n) is 9.24. The Morgan fingerprint density at radius 2 is 2.38 bits per heavy atom. The van der Waals surface area contributed by atoms with Crippen molar-refractivity contribution in [2.45, 2.75) is 19.4 Å². The van der Waals surface area contributed by atoms with Crippen LogP contribution in [0.15, 0.2) is 4.42 Å². The van der Waals surface area contributed by atoms with E-state index < -0.39 is 0 Å². The average Bonchev–Trinajstić information content (AvgIpc) is 2.58. The van der Waals surface area contributed by atoms with Gasteiger partial charge in [0.1, 0.15) is 6.61 Å². The van der Waals surface area contributed by atoms with E-state index in [9.17, 15) is 4.79 Å². The van der Waals surface area contributed by atoms with Crippen LogP contribution in [0, 0.1) is 6.92 Å². The van der Waals surface area contributed by atoms with Gasteiger partial charge in [-0.15, -0.1) is 5.10 Å². The van der Waals surface area contributed by atoms with Crippen LogP contribution in [-0.4, -0.2) is 41.4 Å². The number of hydrogen-bond acceptors (Lipinski definition) is 6. The first-order valence-electron chi connectivity index (χ1n) is 5.02. The molecule has 1 aromatic rings. The molecule has 0 radical (unpaired) electrons. The van der Waals surface area contributed by atoms with E-state index in [1.54, 1.807) is 6.92 Å². The zero-order valence-corrected chi connectivity index (χ0v) is 9.24. The molecule has 1 aromatic heterocycles. The highest BCUT2D eigenvalue weighted by atomic mass is 16.5. The topological polar surface area (TPSA) is 89.3 Å². The molecule has 7 nitrogen and oxygen atoms in total. The third-order valence-electron chi connectivity index (χ3n) is 2.32. The molecule has 1 fully saturated rings. The van der Waals surface area contributed by atoms with Gasteiger partial charge in [0.25, 0.3) is 5.91 Å². The van der Waals surface area contributed by atoms with E-state index in [-0.39, 0.29) is 24.1 Å². The molecule has 0 unspecified atom stereocenters. The van der Waals surface area contributed by atoms with Gasteiger partial charge < -0.3 is 14.5 Å². The van der Waals surface area contributed by atoms with Gasteiger partial charge >= 0.3 is 6.01 Å². The molecule has 1 saturated heterocycles. The van der Waals surface area contributed by atoms with Crippen molar-refractivity contribution in [1.82, 2.24) is 15.5 Å². The van der Waals surface area contributed by atoms with Crippen molar-refractivity contribution in [1.29, 1.82) is 0 Å². The summed E-state index contributed by atoms with van der Waals surface area (Å²) < 4.78 is 10.4. The summed E-state index contributed by atoms with van der Waals surface area (Å²) in [6, 6.07) is 0.1000. The van der Waals surface area contributed by atoms with E-state index in [0.29, 0.717) is 5.89 Å². The van der Waals surface area contributed by atoms with E-state index in [1.807, 2.05) is 6.92 Å². The SMILES string of the molecule is Cc1nnc(NC(=O)COC2(C)CNC2)o1. The molecule has 0 aromatic carbocycles. The number of nitrogens with zero attached hydrogens (tertiary/aromatic N) is 2. The Kier molecular flexibility index (Phi) is 2.88. The van der Waals surface area contributed by atoms with Gasteiger partial charge in [-0.2, -0.15) is 0 Å². The lowest BCUT2D eigenvalue weighted by Crippen LogP contribution is -2.59. The number of ether oxygens (including phenoxy) is 1. The highest BCUT2D eigenvalue weighted by molar-refractivity contribution is 5.89. The Morgan fingerprint density at radius 3 is 2.88 bits per heavy atom. The number of aryl methyl sites for hydroxylation is 1. The van der Waals surface area contributed by atoms with Gasteiger partial charge in [-0.1, -0.05) is 5.10 Å². The van der Waals surface area contributed by atoms with Crippen LogP contribution in [0.1, 0.15) is 12.8 Å². The van der Waals surface area contributed by atoms with Gasteiger partial charge in [0.2, 0.25) is 5.89 Å². The fourth-order valence-electron chi connectivity index (χ4n) is 1.32. The molecule has 0 atom stereocenters. The lowest BCUT2D eigenvalue weighted by atomic mass is 10.0. The third-order valence-corrected chi connectivity index (χ3v) is 2.32. The molecule has 88 valence electrons. The standard InChI is InChI=1S/C9H14N4O3/c1-6-12-13-8(16-6)11-7(14)3-15-9(2)4-10-5-9/h10H,3-5H2,1-2H3,(H,11,13,14). The second-order valence-electron chi connectivity index (χ2n) is 4.02. The summed E-state index contributed by atoms with van der Waals surface area (Å²) in [4.78, 5) is 11.4. The van der Waals surface area contributed by atoms with Crippen molar-refractivity contribution in [2.24, 2.45) is 0 Å². The summed E-state index contributed by atoms with van der Waals surface area (Å²) in [6.07, 6.45) is 0. The number of carbonyl (C=O) groups excluding carboxylic acids is 1. The van der Waals surface area contributed by atoms with E-state index in [2.05, 4.69) is 20.8 Å². The molecule has 0 spiro atoms. The smallest absolute Gasteiger partial charge is 0.322 e. The predicted molar refractivity (Wildman–Crippen MR) is 54.9 cm³/mol. The zero-order chi connectivity index (χ0) is 11.6. The summed E-state index contributed by atoms with van der Waals surface area (Å²) in [5.74, 6) is 0.114. The average molecular weight is 226 g/mol. The molecule has 0 bridgehead atoms.